The number of benzene rings is 2. The highest BCUT2D eigenvalue weighted by Gasteiger charge is 2.49. The summed E-state index contributed by atoms with van der Waals surface area (Å²) in [5, 5.41) is 34.8. The zero-order valence-corrected chi connectivity index (χ0v) is 19.8. The van der Waals surface area contributed by atoms with Crippen molar-refractivity contribution in [3.63, 3.8) is 0 Å². The zero-order valence-electron chi connectivity index (χ0n) is 19.8. The molecule has 2 aromatic carbocycles. The third-order valence-corrected chi connectivity index (χ3v) is 6.09. The Morgan fingerprint density at radius 1 is 1.06 bits per heavy atom. The molecule has 2 aromatic rings. The van der Waals surface area contributed by atoms with Crippen molar-refractivity contribution in [2.24, 2.45) is 0 Å². The molecule has 0 aliphatic carbocycles. The average Bonchev–Trinajstić information content (AvgIpc) is 3.20. The number of ether oxygens (including phenoxy) is 4. The first-order chi connectivity index (χ1) is 17.3. The van der Waals surface area contributed by atoms with Gasteiger partial charge in [-0.15, -0.1) is 0 Å². The molecule has 2 aliphatic rings. The van der Waals surface area contributed by atoms with Crippen molar-refractivity contribution in [1.29, 1.82) is 0 Å². The van der Waals surface area contributed by atoms with Crippen LogP contribution in [0.25, 0.3) is 5.57 Å². The second kappa shape index (κ2) is 11.3. The number of esters is 1. The maximum absolute atomic E-state index is 13.0. The van der Waals surface area contributed by atoms with Gasteiger partial charge in [-0.2, -0.15) is 0 Å². The van der Waals surface area contributed by atoms with Crippen LogP contribution in [0.5, 0.6) is 0 Å². The van der Waals surface area contributed by atoms with E-state index >= 15 is 0 Å². The Labute approximate surface area is 208 Å². The number of aliphatic hydroxyl groups excluding tert-OH is 3. The first-order valence-electron chi connectivity index (χ1n) is 11.5. The molecule has 0 aromatic heterocycles. The topological polar surface area (TPSA) is 144 Å². The molecule has 4 rings (SSSR count). The molecule has 10 nitrogen and oxygen atoms in total. The molecule has 2 heterocycles. The molecule has 10 heteroatoms. The van der Waals surface area contributed by atoms with Crippen molar-refractivity contribution >= 4 is 17.4 Å². The highest BCUT2D eigenvalue weighted by Crippen LogP contribution is 2.40. The SMILES string of the molecule is COC[C@@H]1O[C@H](O[C@H]2OC(=O)C([C@@H](O)c3ccccc3)=C2c2ccccc2)[C@H](NC(C)=O)[C@@H](O)[C@@H]1O. The number of aliphatic hydroxyl groups is 3. The van der Waals surface area contributed by atoms with Gasteiger partial charge in [0, 0.05) is 19.6 Å². The van der Waals surface area contributed by atoms with Gasteiger partial charge < -0.3 is 39.6 Å². The summed E-state index contributed by atoms with van der Waals surface area (Å²) >= 11 is 0. The molecule has 0 spiro atoms. The monoisotopic (exact) mass is 499 g/mol. The maximum Gasteiger partial charge on any atom is 0.340 e. The van der Waals surface area contributed by atoms with Gasteiger partial charge in [0.1, 0.15) is 30.5 Å². The number of nitrogens with one attached hydrogen (secondary N) is 1. The lowest BCUT2D eigenvalue weighted by molar-refractivity contribution is -0.297. The lowest BCUT2D eigenvalue weighted by Gasteiger charge is -2.43. The zero-order chi connectivity index (χ0) is 25.8. The fraction of sp³-hybridized carbons (Fsp3) is 0.385. The number of rotatable bonds is 8. The minimum absolute atomic E-state index is 0.00156. The van der Waals surface area contributed by atoms with Crippen molar-refractivity contribution in [2.75, 3.05) is 13.7 Å². The molecule has 1 amide bonds. The number of carbonyl (C=O) groups is 2. The van der Waals surface area contributed by atoms with E-state index in [0.29, 0.717) is 11.1 Å². The summed E-state index contributed by atoms with van der Waals surface area (Å²) < 4.78 is 22.5. The van der Waals surface area contributed by atoms with E-state index in [9.17, 15) is 24.9 Å². The van der Waals surface area contributed by atoms with Gasteiger partial charge in [-0.25, -0.2) is 4.79 Å². The molecule has 1 fully saturated rings. The highest BCUT2D eigenvalue weighted by atomic mass is 16.8. The second-order valence-electron chi connectivity index (χ2n) is 8.59. The quantitative estimate of drug-likeness (QED) is 0.385. The summed E-state index contributed by atoms with van der Waals surface area (Å²) in [7, 11) is 1.41. The van der Waals surface area contributed by atoms with E-state index in [0.717, 1.165) is 0 Å². The average molecular weight is 500 g/mol. The molecule has 192 valence electrons. The molecule has 0 radical (unpaired) electrons. The van der Waals surface area contributed by atoms with E-state index in [4.69, 9.17) is 18.9 Å². The molecular formula is C26H29NO9. The summed E-state index contributed by atoms with van der Waals surface area (Å²) in [6.07, 6.45) is -7.75. The number of amides is 1. The van der Waals surface area contributed by atoms with Crippen molar-refractivity contribution in [1.82, 2.24) is 5.32 Å². The van der Waals surface area contributed by atoms with E-state index < -0.39 is 54.9 Å². The molecule has 0 bridgehead atoms. The van der Waals surface area contributed by atoms with Gasteiger partial charge in [0.25, 0.3) is 0 Å². The minimum Gasteiger partial charge on any atom is -0.428 e. The van der Waals surface area contributed by atoms with Crippen molar-refractivity contribution in [3.05, 3.63) is 77.4 Å². The standard InChI is InChI=1S/C26H29NO9/c1-14(28)27-20-23(31)22(30)17(13-33-2)34-26(20)36-25-18(15-9-5-3-6-10-15)19(24(32)35-25)21(29)16-11-7-4-8-12-16/h3-12,17,20-23,25-26,29-31H,13H2,1-2H3,(H,27,28)/t17-,20+,21-,22+,23+,25+,26+/m0/s1. The van der Waals surface area contributed by atoms with E-state index in [1.54, 1.807) is 60.7 Å². The largest absolute Gasteiger partial charge is 0.428 e. The Morgan fingerprint density at radius 3 is 2.31 bits per heavy atom. The van der Waals surface area contributed by atoms with Crippen LogP contribution in [0.4, 0.5) is 0 Å². The number of methoxy groups -OCH3 is 1. The fourth-order valence-corrected chi connectivity index (χ4v) is 4.38. The van der Waals surface area contributed by atoms with E-state index in [1.165, 1.54) is 14.0 Å². The minimum atomic E-state index is -1.46. The molecule has 36 heavy (non-hydrogen) atoms. The predicted molar refractivity (Wildman–Crippen MR) is 126 cm³/mol. The summed E-state index contributed by atoms with van der Waals surface area (Å²) in [5.41, 5.74) is 1.34. The van der Waals surface area contributed by atoms with Crippen LogP contribution in [0.15, 0.2) is 66.2 Å². The summed E-state index contributed by atoms with van der Waals surface area (Å²) in [4.78, 5) is 24.9. The van der Waals surface area contributed by atoms with Crippen LogP contribution in [0.1, 0.15) is 24.2 Å². The lowest BCUT2D eigenvalue weighted by Crippen LogP contribution is -2.65. The maximum atomic E-state index is 13.0. The van der Waals surface area contributed by atoms with Crippen LogP contribution in [-0.4, -0.2) is 77.8 Å². The fourth-order valence-electron chi connectivity index (χ4n) is 4.38. The number of hydrogen-bond donors (Lipinski definition) is 4. The van der Waals surface area contributed by atoms with E-state index in [1.807, 2.05) is 0 Å². The van der Waals surface area contributed by atoms with Gasteiger partial charge in [-0.1, -0.05) is 60.7 Å². The Hall–Kier alpha value is -3.12. The van der Waals surface area contributed by atoms with Crippen molar-refractivity contribution in [3.8, 4) is 0 Å². The summed E-state index contributed by atoms with van der Waals surface area (Å²) in [6, 6.07) is 16.3. The smallest absolute Gasteiger partial charge is 0.340 e. The van der Waals surface area contributed by atoms with Crippen LogP contribution >= 0.6 is 0 Å². The van der Waals surface area contributed by atoms with Crippen LogP contribution in [-0.2, 0) is 28.5 Å². The van der Waals surface area contributed by atoms with Gasteiger partial charge in [-0.3, -0.25) is 4.79 Å². The molecule has 7 atom stereocenters. The number of cyclic esters (lactones) is 1. The Kier molecular flexibility index (Phi) is 8.14. The first kappa shape index (κ1) is 26.0. The van der Waals surface area contributed by atoms with Crippen LogP contribution in [0.2, 0.25) is 0 Å². The molecule has 1 saturated heterocycles. The Morgan fingerprint density at radius 2 is 1.69 bits per heavy atom. The summed E-state index contributed by atoms with van der Waals surface area (Å²) in [5.74, 6) is -1.27. The van der Waals surface area contributed by atoms with Crippen molar-refractivity contribution < 1.29 is 43.9 Å². The van der Waals surface area contributed by atoms with Gasteiger partial charge in [0.05, 0.1) is 12.2 Å². The highest BCUT2D eigenvalue weighted by molar-refractivity contribution is 6.03. The van der Waals surface area contributed by atoms with Gasteiger partial charge in [-0.05, 0) is 11.1 Å². The predicted octanol–water partition coefficient (Wildman–Crippen LogP) is 0.671. The third kappa shape index (κ3) is 5.34. The van der Waals surface area contributed by atoms with Gasteiger partial charge >= 0.3 is 5.97 Å². The lowest BCUT2D eigenvalue weighted by atomic mass is 9.93. The van der Waals surface area contributed by atoms with E-state index in [-0.39, 0.29) is 17.8 Å². The Bertz CT molecular complexity index is 1090. The number of carbonyl (C=O) groups excluding carboxylic acids is 2. The third-order valence-electron chi connectivity index (χ3n) is 6.09. The van der Waals surface area contributed by atoms with Crippen LogP contribution < -0.4 is 5.32 Å². The summed E-state index contributed by atoms with van der Waals surface area (Å²) in [6.45, 7) is 1.19. The Balaban J connectivity index is 1.72. The number of hydrogen-bond acceptors (Lipinski definition) is 9. The van der Waals surface area contributed by atoms with Crippen LogP contribution in [0, 0.1) is 0 Å². The van der Waals surface area contributed by atoms with Crippen molar-refractivity contribution in [2.45, 2.75) is 50.0 Å². The van der Waals surface area contributed by atoms with Gasteiger partial charge in [0.15, 0.2) is 6.29 Å². The van der Waals surface area contributed by atoms with Gasteiger partial charge in [0.2, 0.25) is 12.2 Å². The first-order valence-corrected chi connectivity index (χ1v) is 11.5. The molecular weight excluding hydrogens is 470 g/mol. The van der Waals surface area contributed by atoms with Crippen LogP contribution in [0.3, 0.4) is 0 Å². The molecule has 2 aliphatic heterocycles. The molecule has 0 unspecified atom stereocenters. The molecule has 4 N–H and O–H groups in total. The second-order valence-corrected chi connectivity index (χ2v) is 8.59. The normalized spacial score (nSPS) is 29.1. The molecule has 0 saturated carbocycles. The van der Waals surface area contributed by atoms with E-state index in [2.05, 4.69) is 5.32 Å².